The van der Waals surface area contributed by atoms with Gasteiger partial charge in [0.2, 0.25) is 5.91 Å². The summed E-state index contributed by atoms with van der Waals surface area (Å²) < 4.78 is 1.33. The first-order valence-electron chi connectivity index (χ1n) is 5.58. The van der Waals surface area contributed by atoms with E-state index in [0.717, 1.165) is 0 Å². The second-order valence-corrected chi connectivity index (χ2v) is 3.95. The van der Waals surface area contributed by atoms with E-state index in [9.17, 15) is 4.79 Å². The third kappa shape index (κ3) is 2.87. The van der Waals surface area contributed by atoms with Crippen molar-refractivity contribution in [1.82, 2.24) is 14.8 Å². The van der Waals surface area contributed by atoms with Crippen LogP contribution in [0.5, 0.6) is 0 Å². The second kappa shape index (κ2) is 5.18. The SMILES string of the molecule is CC(C(=O)Nc1cccc(N)c1)n1cnc(C#N)n1. The molecule has 2 aromatic rings. The van der Waals surface area contributed by atoms with Crippen LogP contribution in [-0.4, -0.2) is 20.7 Å². The fourth-order valence-electron chi connectivity index (χ4n) is 1.50. The van der Waals surface area contributed by atoms with Crippen LogP contribution in [0.1, 0.15) is 18.8 Å². The zero-order valence-corrected chi connectivity index (χ0v) is 10.2. The zero-order valence-electron chi connectivity index (χ0n) is 10.2. The fourth-order valence-corrected chi connectivity index (χ4v) is 1.50. The van der Waals surface area contributed by atoms with Gasteiger partial charge in [-0.3, -0.25) is 4.79 Å². The lowest BCUT2D eigenvalue weighted by Crippen LogP contribution is -2.24. The van der Waals surface area contributed by atoms with Gasteiger partial charge in [0, 0.05) is 11.4 Å². The van der Waals surface area contributed by atoms with Gasteiger partial charge >= 0.3 is 0 Å². The van der Waals surface area contributed by atoms with Gasteiger partial charge in [0.15, 0.2) is 0 Å². The van der Waals surface area contributed by atoms with Gasteiger partial charge in [-0.1, -0.05) is 6.07 Å². The molecule has 19 heavy (non-hydrogen) atoms. The highest BCUT2D eigenvalue weighted by Gasteiger charge is 2.16. The predicted octanol–water partition coefficient (Wildman–Crippen LogP) is 0.932. The fraction of sp³-hybridized carbons (Fsp3) is 0.167. The summed E-state index contributed by atoms with van der Waals surface area (Å²) in [6.45, 7) is 1.66. The topological polar surface area (TPSA) is 110 Å². The van der Waals surface area contributed by atoms with Crippen molar-refractivity contribution in [2.45, 2.75) is 13.0 Å². The van der Waals surface area contributed by atoms with E-state index < -0.39 is 6.04 Å². The molecule has 0 spiro atoms. The van der Waals surface area contributed by atoms with Crippen LogP contribution in [0.3, 0.4) is 0 Å². The highest BCUT2D eigenvalue weighted by Crippen LogP contribution is 2.14. The van der Waals surface area contributed by atoms with Gasteiger partial charge in [0.25, 0.3) is 5.82 Å². The van der Waals surface area contributed by atoms with E-state index in [2.05, 4.69) is 15.4 Å². The smallest absolute Gasteiger partial charge is 0.252 e. The minimum atomic E-state index is -0.573. The molecule has 1 aromatic carbocycles. The molecule has 7 nitrogen and oxygen atoms in total. The van der Waals surface area contributed by atoms with Gasteiger partial charge in [-0.2, -0.15) is 5.26 Å². The molecule has 1 heterocycles. The van der Waals surface area contributed by atoms with Crippen LogP contribution in [0.2, 0.25) is 0 Å². The Labute approximate surface area is 109 Å². The van der Waals surface area contributed by atoms with Crippen molar-refractivity contribution in [3.8, 4) is 6.07 Å². The third-order valence-corrected chi connectivity index (χ3v) is 2.54. The minimum Gasteiger partial charge on any atom is -0.399 e. The number of carbonyl (C=O) groups excluding carboxylic acids is 1. The maximum absolute atomic E-state index is 12.0. The van der Waals surface area contributed by atoms with E-state index in [1.807, 2.05) is 6.07 Å². The predicted molar refractivity (Wildman–Crippen MR) is 68.9 cm³/mol. The number of nitriles is 1. The maximum Gasteiger partial charge on any atom is 0.252 e. The molecule has 1 atom stereocenters. The van der Waals surface area contributed by atoms with Gasteiger partial charge in [0.1, 0.15) is 18.4 Å². The number of aromatic nitrogens is 3. The molecule has 0 saturated carbocycles. The van der Waals surface area contributed by atoms with Crippen molar-refractivity contribution in [2.24, 2.45) is 0 Å². The molecule has 0 aliphatic rings. The van der Waals surface area contributed by atoms with Gasteiger partial charge in [-0.05, 0) is 25.1 Å². The van der Waals surface area contributed by atoms with Crippen LogP contribution < -0.4 is 11.1 Å². The minimum absolute atomic E-state index is 0.0311. The molecule has 0 bridgehead atoms. The summed E-state index contributed by atoms with van der Waals surface area (Å²) in [4.78, 5) is 15.7. The Hall–Kier alpha value is -2.88. The van der Waals surface area contributed by atoms with E-state index in [-0.39, 0.29) is 11.7 Å². The molecule has 1 unspecified atom stereocenters. The molecule has 0 radical (unpaired) electrons. The van der Waals surface area contributed by atoms with E-state index in [4.69, 9.17) is 11.0 Å². The van der Waals surface area contributed by atoms with E-state index in [1.54, 1.807) is 31.2 Å². The van der Waals surface area contributed by atoms with Crippen molar-refractivity contribution in [2.75, 3.05) is 11.1 Å². The Morgan fingerprint density at radius 2 is 2.37 bits per heavy atom. The molecular formula is C12H12N6O. The van der Waals surface area contributed by atoms with Crippen molar-refractivity contribution in [3.63, 3.8) is 0 Å². The summed E-state index contributed by atoms with van der Waals surface area (Å²) in [6.07, 6.45) is 1.35. The lowest BCUT2D eigenvalue weighted by Gasteiger charge is -2.12. The molecular weight excluding hydrogens is 244 g/mol. The van der Waals surface area contributed by atoms with Crippen LogP contribution in [0.25, 0.3) is 0 Å². The van der Waals surface area contributed by atoms with Gasteiger partial charge in [-0.15, -0.1) is 5.10 Å². The van der Waals surface area contributed by atoms with E-state index >= 15 is 0 Å². The summed E-state index contributed by atoms with van der Waals surface area (Å²) in [5.74, 6) is -0.233. The average Bonchev–Trinajstić information content (AvgIpc) is 2.86. The number of nitrogens with one attached hydrogen (secondary N) is 1. The molecule has 0 saturated heterocycles. The molecule has 1 amide bonds. The number of carbonyl (C=O) groups is 1. The van der Waals surface area contributed by atoms with Crippen molar-refractivity contribution >= 4 is 17.3 Å². The normalized spacial score (nSPS) is 11.6. The third-order valence-electron chi connectivity index (χ3n) is 2.54. The molecule has 3 N–H and O–H groups in total. The number of hydrogen-bond donors (Lipinski definition) is 2. The lowest BCUT2D eigenvalue weighted by atomic mass is 10.2. The van der Waals surface area contributed by atoms with E-state index in [0.29, 0.717) is 11.4 Å². The molecule has 0 aliphatic heterocycles. The first-order valence-corrected chi connectivity index (χ1v) is 5.58. The van der Waals surface area contributed by atoms with Crippen molar-refractivity contribution < 1.29 is 4.79 Å². The Kier molecular flexibility index (Phi) is 3.43. The quantitative estimate of drug-likeness (QED) is 0.794. The molecule has 96 valence electrons. The van der Waals surface area contributed by atoms with Crippen LogP contribution >= 0.6 is 0 Å². The van der Waals surface area contributed by atoms with Crippen LogP contribution in [0, 0.1) is 11.3 Å². The monoisotopic (exact) mass is 256 g/mol. The second-order valence-electron chi connectivity index (χ2n) is 3.95. The molecule has 0 aliphatic carbocycles. The maximum atomic E-state index is 12.0. The highest BCUT2D eigenvalue weighted by molar-refractivity contribution is 5.93. The Balaban J connectivity index is 2.09. The number of nitrogens with two attached hydrogens (primary N) is 1. The van der Waals surface area contributed by atoms with Gasteiger partial charge in [-0.25, -0.2) is 9.67 Å². The number of anilines is 2. The standard InChI is InChI=1S/C12H12N6O/c1-8(18-7-15-11(6-13)17-18)12(19)16-10-4-2-3-9(14)5-10/h2-5,7-8H,14H2,1H3,(H,16,19). The molecule has 7 heteroatoms. The van der Waals surface area contributed by atoms with Crippen molar-refractivity contribution in [3.05, 3.63) is 36.4 Å². The summed E-state index contributed by atoms with van der Waals surface area (Å²) in [7, 11) is 0. The van der Waals surface area contributed by atoms with Crippen molar-refractivity contribution in [1.29, 1.82) is 5.26 Å². The largest absolute Gasteiger partial charge is 0.399 e. The Bertz CT molecular complexity index is 642. The summed E-state index contributed by atoms with van der Waals surface area (Å²) in [6, 6.07) is 8.11. The number of nitrogen functional groups attached to an aromatic ring is 1. The zero-order chi connectivity index (χ0) is 13.8. The van der Waals surface area contributed by atoms with Crippen LogP contribution in [0.4, 0.5) is 11.4 Å². The van der Waals surface area contributed by atoms with Gasteiger partial charge < -0.3 is 11.1 Å². The van der Waals surface area contributed by atoms with Gasteiger partial charge in [0.05, 0.1) is 0 Å². The highest BCUT2D eigenvalue weighted by atomic mass is 16.2. The number of nitrogens with zero attached hydrogens (tertiary/aromatic N) is 4. The molecule has 0 fully saturated rings. The Morgan fingerprint density at radius 1 is 1.58 bits per heavy atom. The van der Waals surface area contributed by atoms with Crippen LogP contribution in [0.15, 0.2) is 30.6 Å². The summed E-state index contributed by atoms with van der Waals surface area (Å²) in [5, 5.41) is 15.2. The number of amides is 1. The number of rotatable bonds is 3. The Morgan fingerprint density at radius 3 is 3.00 bits per heavy atom. The summed E-state index contributed by atoms with van der Waals surface area (Å²) >= 11 is 0. The number of benzene rings is 1. The first-order chi connectivity index (χ1) is 9.10. The van der Waals surface area contributed by atoms with Crippen LogP contribution in [-0.2, 0) is 4.79 Å². The number of hydrogen-bond acceptors (Lipinski definition) is 5. The summed E-state index contributed by atoms with van der Waals surface area (Å²) in [5.41, 5.74) is 6.80. The average molecular weight is 256 g/mol. The molecule has 1 aromatic heterocycles. The van der Waals surface area contributed by atoms with E-state index in [1.165, 1.54) is 11.0 Å². The lowest BCUT2D eigenvalue weighted by molar-refractivity contribution is -0.119. The molecule has 2 rings (SSSR count). The first kappa shape index (κ1) is 12.6.